The van der Waals surface area contributed by atoms with E-state index in [2.05, 4.69) is 4.90 Å². The van der Waals surface area contributed by atoms with Crippen molar-refractivity contribution < 1.29 is 17.9 Å². The summed E-state index contributed by atoms with van der Waals surface area (Å²) in [6, 6.07) is 5.85. The maximum absolute atomic E-state index is 13.2. The lowest BCUT2D eigenvalue weighted by molar-refractivity contribution is 0.0190. The Hall–Kier alpha value is -1.15. The summed E-state index contributed by atoms with van der Waals surface area (Å²) >= 11 is 0. The van der Waals surface area contributed by atoms with E-state index in [-0.39, 0.29) is 0 Å². The van der Waals surface area contributed by atoms with Crippen molar-refractivity contribution >= 4 is 10.0 Å². The zero-order valence-electron chi connectivity index (χ0n) is 16.7. The van der Waals surface area contributed by atoms with Crippen LogP contribution < -0.4 is 4.74 Å². The average Bonchev–Trinajstić information content (AvgIpc) is 2.69. The second-order valence-corrected chi connectivity index (χ2v) is 9.40. The minimum absolute atomic E-state index is 0.295. The SMILES string of the molecule is CCOc1ccc(C)cc1S(=O)(=O)N1CCC(N2CCC(OC)CC2)CC1. The van der Waals surface area contributed by atoms with E-state index < -0.39 is 10.0 Å². The van der Waals surface area contributed by atoms with E-state index in [0.717, 1.165) is 44.3 Å². The molecule has 1 aromatic rings. The molecule has 0 unspecified atom stereocenters. The highest BCUT2D eigenvalue weighted by atomic mass is 32.2. The van der Waals surface area contributed by atoms with E-state index >= 15 is 0 Å². The molecular formula is C20H32N2O4S. The number of rotatable bonds is 6. The van der Waals surface area contributed by atoms with Crippen LogP contribution in [0, 0.1) is 6.92 Å². The molecule has 0 spiro atoms. The van der Waals surface area contributed by atoms with E-state index in [1.807, 2.05) is 19.9 Å². The molecule has 0 amide bonds. The summed E-state index contributed by atoms with van der Waals surface area (Å²) in [4.78, 5) is 2.81. The standard InChI is InChI=1S/C20H32N2O4S/c1-4-26-19-6-5-16(2)15-20(19)27(23,24)22-13-7-17(8-14-22)21-11-9-18(25-3)10-12-21/h5-6,15,17-18H,4,7-14H2,1-3H3. The van der Waals surface area contributed by atoms with E-state index in [9.17, 15) is 8.42 Å². The molecule has 6 nitrogen and oxygen atoms in total. The summed E-state index contributed by atoms with van der Waals surface area (Å²) in [6.07, 6.45) is 4.27. The fourth-order valence-corrected chi connectivity index (χ4v) is 5.84. The Morgan fingerprint density at radius 1 is 1.07 bits per heavy atom. The van der Waals surface area contributed by atoms with Crippen molar-refractivity contribution in [2.75, 3.05) is 39.9 Å². The Morgan fingerprint density at radius 3 is 2.33 bits per heavy atom. The normalized spacial score (nSPS) is 21.4. The Bertz CT molecular complexity index is 721. The van der Waals surface area contributed by atoms with Crippen molar-refractivity contribution in [1.29, 1.82) is 0 Å². The van der Waals surface area contributed by atoms with Gasteiger partial charge in [-0.2, -0.15) is 4.31 Å². The van der Waals surface area contributed by atoms with E-state index in [0.29, 0.717) is 42.5 Å². The van der Waals surface area contributed by atoms with Gasteiger partial charge >= 0.3 is 0 Å². The number of benzene rings is 1. The zero-order valence-corrected chi connectivity index (χ0v) is 17.5. The van der Waals surface area contributed by atoms with Crippen molar-refractivity contribution in [1.82, 2.24) is 9.21 Å². The van der Waals surface area contributed by atoms with Gasteiger partial charge in [0.05, 0.1) is 12.7 Å². The van der Waals surface area contributed by atoms with Gasteiger partial charge < -0.3 is 14.4 Å². The molecule has 0 radical (unpaired) electrons. The molecule has 3 rings (SSSR count). The Balaban J connectivity index is 1.66. The molecule has 2 heterocycles. The van der Waals surface area contributed by atoms with Gasteiger partial charge in [-0.15, -0.1) is 0 Å². The van der Waals surface area contributed by atoms with Gasteiger partial charge in [0, 0.05) is 39.3 Å². The van der Waals surface area contributed by atoms with Crippen LogP contribution in [0.2, 0.25) is 0 Å². The first-order valence-electron chi connectivity index (χ1n) is 9.96. The zero-order chi connectivity index (χ0) is 19.4. The van der Waals surface area contributed by atoms with Gasteiger partial charge in [0.2, 0.25) is 10.0 Å². The topological polar surface area (TPSA) is 59.1 Å². The largest absolute Gasteiger partial charge is 0.492 e. The molecular weight excluding hydrogens is 364 g/mol. The number of likely N-dealkylation sites (tertiary alicyclic amines) is 1. The molecule has 0 aliphatic carbocycles. The predicted molar refractivity (Wildman–Crippen MR) is 106 cm³/mol. The Labute approximate surface area is 163 Å². The molecule has 0 N–H and O–H groups in total. The summed E-state index contributed by atoms with van der Waals surface area (Å²) in [5.41, 5.74) is 0.924. The van der Waals surface area contributed by atoms with Gasteiger partial charge in [0.1, 0.15) is 10.6 Å². The molecule has 27 heavy (non-hydrogen) atoms. The summed E-state index contributed by atoms with van der Waals surface area (Å²) in [7, 11) is -1.75. The van der Waals surface area contributed by atoms with Crippen molar-refractivity contribution in [2.24, 2.45) is 0 Å². The third-order valence-corrected chi connectivity index (χ3v) is 7.69. The highest BCUT2D eigenvalue weighted by Gasteiger charge is 2.34. The summed E-state index contributed by atoms with van der Waals surface area (Å²) in [5.74, 6) is 0.451. The number of sulfonamides is 1. The monoisotopic (exact) mass is 396 g/mol. The van der Waals surface area contributed by atoms with Crippen LogP contribution in [0.1, 0.15) is 38.2 Å². The van der Waals surface area contributed by atoms with Crippen molar-refractivity contribution in [3.8, 4) is 5.75 Å². The molecule has 2 fully saturated rings. The van der Waals surface area contributed by atoms with Gasteiger partial charge in [0.25, 0.3) is 0 Å². The van der Waals surface area contributed by atoms with E-state index in [4.69, 9.17) is 9.47 Å². The molecule has 0 aromatic heterocycles. The predicted octanol–water partition coefficient (Wildman–Crippen LogP) is 2.66. The summed E-state index contributed by atoms with van der Waals surface area (Å²) < 4.78 is 39.1. The van der Waals surface area contributed by atoms with E-state index in [1.165, 1.54) is 0 Å². The quantitative estimate of drug-likeness (QED) is 0.740. The average molecular weight is 397 g/mol. The van der Waals surface area contributed by atoms with E-state index in [1.54, 1.807) is 23.5 Å². The Morgan fingerprint density at radius 2 is 1.74 bits per heavy atom. The fraction of sp³-hybridized carbons (Fsp3) is 0.700. The summed E-state index contributed by atoms with van der Waals surface area (Å²) in [6.45, 7) is 7.45. The van der Waals surface area contributed by atoms with Gasteiger partial charge in [-0.25, -0.2) is 8.42 Å². The van der Waals surface area contributed by atoms with Crippen molar-refractivity contribution in [2.45, 2.75) is 56.6 Å². The first kappa shape index (κ1) is 20.6. The Kier molecular flexibility index (Phi) is 6.78. The number of aryl methyl sites for hydroxylation is 1. The molecule has 0 saturated carbocycles. The highest BCUT2D eigenvalue weighted by molar-refractivity contribution is 7.89. The number of methoxy groups -OCH3 is 1. The lowest BCUT2D eigenvalue weighted by Crippen LogP contribution is -2.49. The minimum atomic E-state index is -3.53. The molecule has 0 bridgehead atoms. The highest BCUT2D eigenvalue weighted by Crippen LogP contribution is 2.31. The first-order chi connectivity index (χ1) is 13.0. The number of hydrogen-bond donors (Lipinski definition) is 0. The lowest BCUT2D eigenvalue weighted by atomic mass is 10.00. The minimum Gasteiger partial charge on any atom is -0.492 e. The van der Waals surface area contributed by atoms with Crippen LogP contribution in [0.5, 0.6) is 5.75 Å². The van der Waals surface area contributed by atoms with Crippen molar-refractivity contribution in [3.05, 3.63) is 23.8 Å². The molecule has 0 atom stereocenters. The smallest absolute Gasteiger partial charge is 0.246 e. The molecule has 1 aromatic carbocycles. The van der Waals surface area contributed by atoms with Gasteiger partial charge in [-0.1, -0.05) is 6.07 Å². The number of piperidine rings is 2. The second-order valence-electron chi connectivity index (χ2n) is 7.49. The van der Waals surface area contributed by atoms with Gasteiger partial charge in [-0.05, 0) is 57.2 Å². The lowest BCUT2D eigenvalue weighted by Gasteiger charge is -2.41. The molecule has 2 aliphatic rings. The third-order valence-electron chi connectivity index (χ3n) is 5.77. The van der Waals surface area contributed by atoms with Crippen LogP contribution in [0.4, 0.5) is 0 Å². The number of nitrogens with zero attached hydrogens (tertiary/aromatic N) is 2. The van der Waals surface area contributed by atoms with Gasteiger partial charge in [0.15, 0.2) is 0 Å². The van der Waals surface area contributed by atoms with Crippen LogP contribution >= 0.6 is 0 Å². The van der Waals surface area contributed by atoms with Crippen LogP contribution in [0.3, 0.4) is 0 Å². The molecule has 152 valence electrons. The summed E-state index contributed by atoms with van der Waals surface area (Å²) in [5, 5.41) is 0. The van der Waals surface area contributed by atoms with Crippen LogP contribution in [-0.2, 0) is 14.8 Å². The van der Waals surface area contributed by atoms with Crippen LogP contribution in [-0.4, -0.2) is 69.7 Å². The molecule has 2 aliphatic heterocycles. The maximum atomic E-state index is 13.2. The number of ether oxygens (including phenoxy) is 2. The van der Waals surface area contributed by atoms with Crippen molar-refractivity contribution in [3.63, 3.8) is 0 Å². The van der Waals surface area contributed by atoms with Gasteiger partial charge in [-0.3, -0.25) is 0 Å². The fourth-order valence-electron chi connectivity index (χ4n) is 4.15. The number of hydrogen-bond acceptors (Lipinski definition) is 5. The molecule has 2 saturated heterocycles. The van der Waals surface area contributed by atoms with Crippen LogP contribution in [0.25, 0.3) is 0 Å². The molecule has 7 heteroatoms. The second kappa shape index (κ2) is 8.90. The van der Waals surface area contributed by atoms with Crippen LogP contribution in [0.15, 0.2) is 23.1 Å². The third kappa shape index (κ3) is 4.65. The maximum Gasteiger partial charge on any atom is 0.246 e. The first-order valence-corrected chi connectivity index (χ1v) is 11.4.